The molecule has 3 N–H and O–H groups in total. The molecule has 7 nitrogen and oxygen atoms in total. The van der Waals surface area contributed by atoms with Crippen molar-refractivity contribution < 1.29 is 19.4 Å². The Morgan fingerprint density at radius 2 is 2.41 bits per heavy atom. The van der Waals surface area contributed by atoms with Gasteiger partial charge in [0.15, 0.2) is 0 Å². The van der Waals surface area contributed by atoms with Crippen molar-refractivity contribution >= 4 is 5.91 Å². The Bertz CT molecular complexity index is 505. The molecule has 2 rings (SSSR count). The number of methoxy groups -OCH3 is 1. The first kappa shape index (κ1) is 17.0. The lowest BCUT2D eigenvalue weighted by atomic mass is 9.96. The summed E-state index contributed by atoms with van der Waals surface area (Å²) in [5, 5.41) is 12.7. The van der Waals surface area contributed by atoms with E-state index in [-0.39, 0.29) is 18.6 Å². The number of aliphatic hydroxyl groups is 1. The van der Waals surface area contributed by atoms with E-state index in [0.717, 1.165) is 5.69 Å². The van der Waals surface area contributed by atoms with E-state index in [1.807, 2.05) is 20.0 Å². The van der Waals surface area contributed by atoms with E-state index >= 15 is 0 Å². The van der Waals surface area contributed by atoms with Crippen LogP contribution in [0.3, 0.4) is 0 Å². The van der Waals surface area contributed by atoms with Crippen LogP contribution in [0.1, 0.15) is 23.1 Å². The SMILES string of the molecule is COCc1ccc(C(=O)NC[C@]2(CO)COC[C@@H](C)N2C)[nH]1. The van der Waals surface area contributed by atoms with Gasteiger partial charge >= 0.3 is 0 Å². The largest absolute Gasteiger partial charge is 0.394 e. The minimum Gasteiger partial charge on any atom is -0.394 e. The molecule has 22 heavy (non-hydrogen) atoms. The van der Waals surface area contributed by atoms with Crippen molar-refractivity contribution in [2.75, 3.05) is 40.5 Å². The van der Waals surface area contributed by atoms with E-state index < -0.39 is 5.54 Å². The average molecular weight is 311 g/mol. The summed E-state index contributed by atoms with van der Waals surface area (Å²) in [4.78, 5) is 17.3. The summed E-state index contributed by atoms with van der Waals surface area (Å²) >= 11 is 0. The molecule has 0 bridgehead atoms. The van der Waals surface area contributed by atoms with Gasteiger partial charge in [-0.15, -0.1) is 0 Å². The number of aromatic amines is 1. The van der Waals surface area contributed by atoms with Gasteiger partial charge in [0.25, 0.3) is 5.91 Å². The molecular formula is C15H25N3O4. The van der Waals surface area contributed by atoms with Gasteiger partial charge in [-0.05, 0) is 26.1 Å². The van der Waals surface area contributed by atoms with Crippen LogP contribution in [0.15, 0.2) is 12.1 Å². The zero-order valence-corrected chi connectivity index (χ0v) is 13.4. The van der Waals surface area contributed by atoms with E-state index in [9.17, 15) is 9.90 Å². The van der Waals surface area contributed by atoms with Gasteiger partial charge in [0.2, 0.25) is 0 Å². The number of nitrogens with one attached hydrogen (secondary N) is 2. The zero-order valence-electron chi connectivity index (χ0n) is 13.4. The first-order chi connectivity index (χ1) is 10.5. The lowest BCUT2D eigenvalue weighted by Gasteiger charge is -2.47. The first-order valence-electron chi connectivity index (χ1n) is 7.39. The summed E-state index contributed by atoms with van der Waals surface area (Å²) in [6.07, 6.45) is 0. The van der Waals surface area contributed by atoms with Gasteiger partial charge in [-0.1, -0.05) is 0 Å². The highest BCUT2D eigenvalue weighted by atomic mass is 16.5. The molecule has 1 aliphatic heterocycles. The van der Waals surface area contributed by atoms with Crippen molar-refractivity contribution in [3.8, 4) is 0 Å². The summed E-state index contributed by atoms with van der Waals surface area (Å²) in [6.45, 7) is 3.73. The van der Waals surface area contributed by atoms with Gasteiger partial charge in [0.05, 0.1) is 32.0 Å². The van der Waals surface area contributed by atoms with Crippen molar-refractivity contribution in [3.63, 3.8) is 0 Å². The Hall–Kier alpha value is -1.41. The maximum absolute atomic E-state index is 12.2. The maximum atomic E-state index is 12.2. The van der Waals surface area contributed by atoms with Crippen LogP contribution in [0.4, 0.5) is 0 Å². The standard InChI is InChI=1S/C15H25N3O4/c1-11-6-22-10-15(9-19,18(11)2)8-16-14(20)13-5-4-12(17-13)7-21-3/h4-5,11,17,19H,6-10H2,1-3H3,(H,16,20)/t11-,15+/m1/s1. The highest BCUT2D eigenvalue weighted by molar-refractivity contribution is 5.92. The van der Waals surface area contributed by atoms with Crippen molar-refractivity contribution in [1.82, 2.24) is 15.2 Å². The molecule has 1 aromatic heterocycles. The summed E-state index contributed by atoms with van der Waals surface area (Å²) < 4.78 is 10.6. The lowest BCUT2D eigenvalue weighted by Crippen LogP contribution is -2.65. The van der Waals surface area contributed by atoms with Crippen LogP contribution in [0, 0.1) is 0 Å². The molecule has 2 atom stereocenters. The number of rotatable bonds is 6. The van der Waals surface area contributed by atoms with Gasteiger partial charge in [0.1, 0.15) is 5.69 Å². The summed E-state index contributed by atoms with van der Waals surface area (Å²) in [7, 11) is 3.55. The van der Waals surface area contributed by atoms with E-state index in [1.165, 1.54) is 0 Å². The topological polar surface area (TPSA) is 86.8 Å². The van der Waals surface area contributed by atoms with Crippen LogP contribution >= 0.6 is 0 Å². The number of H-pyrrole nitrogens is 1. The molecule has 1 aromatic rings. The molecule has 0 aliphatic carbocycles. The Morgan fingerprint density at radius 1 is 1.64 bits per heavy atom. The summed E-state index contributed by atoms with van der Waals surface area (Å²) in [5.41, 5.74) is 0.735. The third-order valence-electron chi connectivity index (χ3n) is 4.30. The van der Waals surface area contributed by atoms with Gasteiger partial charge in [-0.3, -0.25) is 9.69 Å². The molecule has 7 heteroatoms. The third-order valence-corrected chi connectivity index (χ3v) is 4.30. The predicted molar refractivity (Wildman–Crippen MR) is 81.7 cm³/mol. The number of morpholine rings is 1. The summed E-state index contributed by atoms with van der Waals surface area (Å²) in [6, 6.07) is 3.73. The van der Waals surface area contributed by atoms with Gasteiger partial charge in [-0.25, -0.2) is 0 Å². The number of ether oxygens (including phenoxy) is 2. The molecular weight excluding hydrogens is 286 g/mol. The second kappa shape index (κ2) is 7.23. The minimum absolute atomic E-state index is 0.0756. The fourth-order valence-corrected chi connectivity index (χ4v) is 2.64. The smallest absolute Gasteiger partial charge is 0.267 e. The summed E-state index contributed by atoms with van der Waals surface area (Å²) in [5.74, 6) is -0.207. The number of nitrogens with zero attached hydrogens (tertiary/aromatic N) is 1. The van der Waals surface area contributed by atoms with E-state index in [2.05, 4.69) is 15.2 Å². The molecule has 0 unspecified atom stereocenters. The van der Waals surface area contributed by atoms with Crippen LogP contribution in [-0.2, 0) is 16.1 Å². The number of hydrogen-bond donors (Lipinski definition) is 3. The molecule has 1 amide bonds. The minimum atomic E-state index is -0.588. The molecule has 124 valence electrons. The van der Waals surface area contributed by atoms with Crippen molar-refractivity contribution in [2.45, 2.75) is 25.1 Å². The quantitative estimate of drug-likeness (QED) is 0.687. The Labute approximate surface area is 130 Å². The van der Waals surface area contributed by atoms with Crippen LogP contribution in [-0.4, -0.2) is 73.0 Å². The third kappa shape index (κ3) is 3.49. The number of aromatic nitrogens is 1. The van der Waals surface area contributed by atoms with E-state index in [0.29, 0.717) is 32.1 Å². The van der Waals surface area contributed by atoms with E-state index in [1.54, 1.807) is 13.2 Å². The first-order valence-corrected chi connectivity index (χ1v) is 7.39. The number of likely N-dealkylation sites (N-methyl/N-ethyl adjacent to an activating group) is 1. The lowest BCUT2D eigenvalue weighted by molar-refractivity contribution is -0.105. The van der Waals surface area contributed by atoms with Crippen LogP contribution in [0.25, 0.3) is 0 Å². The van der Waals surface area contributed by atoms with Crippen molar-refractivity contribution in [2.24, 2.45) is 0 Å². The zero-order chi connectivity index (χ0) is 16.2. The molecule has 1 saturated heterocycles. The molecule has 1 aliphatic rings. The van der Waals surface area contributed by atoms with Crippen molar-refractivity contribution in [1.29, 1.82) is 0 Å². The number of hydrogen-bond acceptors (Lipinski definition) is 5. The Balaban J connectivity index is 1.98. The molecule has 1 fully saturated rings. The normalized spacial score (nSPS) is 26.1. The van der Waals surface area contributed by atoms with Crippen LogP contribution in [0.2, 0.25) is 0 Å². The maximum Gasteiger partial charge on any atom is 0.267 e. The van der Waals surface area contributed by atoms with Crippen LogP contribution < -0.4 is 5.32 Å². The van der Waals surface area contributed by atoms with E-state index in [4.69, 9.17) is 9.47 Å². The Morgan fingerprint density at radius 3 is 3.09 bits per heavy atom. The van der Waals surface area contributed by atoms with Crippen molar-refractivity contribution in [3.05, 3.63) is 23.5 Å². The van der Waals surface area contributed by atoms with Gasteiger partial charge in [-0.2, -0.15) is 0 Å². The molecule has 2 heterocycles. The Kier molecular flexibility index (Phi) is 5.57. The second-order valence-electron chi connectivity index (χ2n) is 5.87. The van der Waals surface area contributed by atoms with Gasteiger partial charge < -0.3 is 24.9 Å². The number of amides is 1. The predicted octanol–water partition coefficient (Wildman–Crippen LogP) is -0.0275. The molecule has 0 spiro atoms. The fourth-order valence-electron chi connectivity index (χ4n) is 2.64. The van der Waals surface area contributed by atoms with Crippen LogP contribution in [0.5, 0.6) is 0 Å². The number of carbonyl (C=O) groups excluding carboxylic acids is 1. The van der Waals surface area contributed by atoms with Gasteiger partial charge in [0, 0.05) is 25.4 Å². The number of carbonyl (C=O) groups is 1. The molecule has 0 aromatic carbocycles. The highest BCUT2D eigenvalue weighted by Gasteiger charge is 2.40. The second-order valence-corrected chi connectivity index (χ2v) is 5.87. The molecule has 0 saturated carbocycles. The number of aliphatic hydroxyl groups excluding tert-OH is 1. The average Bonchev–Trinajstić information content (AvgIpc) is 2.98. The molecule has 0 radical (unpaired) electrons. The monoisotopic (exact) mass is 311 g/mol. The fraction of sp³-hybridized carbons (Fsp3) is 0.667. The highest BCUT2D eigenvalue weighted by Crippen LogP contribution is 2.21.